The van der Waals surface area contributed by atoms with E-state index in [-0.39, 0.29) is 22.8 Å². The van der Waals surface area contributed by atoms with E-state index in [9.17, 15) is 14.9 Å². The van der Waals surface area contributed by atoms with E-state index < -0.39 is 11.8 Å². The summed E-state index contributed by atoms with van der Waals surface area (Å²) in [6, 6.07) is 17.6. The van der Waals surface area contributed by atoms with Crippen molar-refractivity contribution in [2.75, 3.05) is 0 Å². The van der Waals surface area contributed by atoms with Crippen LogP contribution in [0.25, 0.3) is 10.8 Å². The SMILES string of the molecule is N#Cc1cc2c3c(cccc3c1Cl)C(=O)N(OCc1ccccc1)C2=O. The zero-order valence-corrected chi connectivity index (χ0v) is 14.2. The average Bonchev–Trinajstić information content (AvgIpc) is 2.68. The molecule has 5 nitrogen and oxygen atoms in total. The zero-order valence-electron chi connectivity index (χ0n) is 13.4. The molecule has 0 spiro atoms. The highest BCUT2D eigenvalue weighted by atomic mass is 35.5. The Morgan fingerprint density at radius 2 is 1.73 bits per heavy atom. The summed E-state index contributed by atoms with van der Waals surface area (Å²) in [5, 5.41) is 11.2. The number of halogens is 1. The largest absolute Gasteiger partial charge is 0.285 e. The van der Waals surface area contributed by atoms with Crippen molar-refractivity contribution in [2.45, 2.75) is 6.61 Å². The molecular formula is C20H11ClN2O3. The average molecular weight is 363 g/mol. The summed E-state index contributed by atoms with van der Waals surface area (Å²) in [6.45, 7) is 0.0718. The van der Waals surface area contributed by atoms with Crippen LogP contribution in [0.15, 0.2) is 54.6 Å². The zero-order chi connectivity index (χ0) is 18.3. The number of hydrogen-bond donors (Lipinski definition) is 0. The lowest BCUT2D eigenvalue weighted by atomic mass is 9.93. The maximum atomic E-state index is 12.8. The number of amides is 2. The Labute approximate surface area is 153 Å². The van der Waals surface area contributed by atoms with Gasteiger partial charge in [0, 0.05) is 10.8 Å². The molecule has 0 saturated heterocycles. The van der Waals surface area contributed by atoms with Gasteiger partial charge in [-0.05, 0) is 17.7 Å². The van der Waals surface area contributed by atoms with Gasteiger partial charge >= 0.3 is 0 Å². The molecule has 2 amide bonds. The lowest BCUT2D eigenvalue weighted by Gasteiger charge is -2.26. The van der Waals surface area contributed by atoms with Gasteiger partial charge in [-0.1, -0.05) is 54.1 Å². The third-order valence-electron chi connectivity index (χ3n) is 4.25. The number of nitriles is 1. The molecule has 1 aliphatic rings. The molecule has 0 radical (unpaired) electrons. The second-order valence-corrected chi connectivity index (χ2v) is 6.17. The van der Waals surface area contributed by atoms with Crippen LogP contribution in [0.3, 0.4) is 0 Å². The van der Waals surface area contributed by atoms with Gasteiger partial charge < -0.3 is 0 Å². The highest BCUT2D eigenvalue weighted by Gasteiger charge is 2.35. The quantitative estimate of drug-likeness (QED) is 0.658. The first kappa shape index (κ1) is 16.3. The number of hydroxylamine groups is 2. The highest BCUT2D eigenvalue weighted by molar-refractivity contribution is 6.39. The van der Waals surface area contributed by atoms with Gasteiger partial charge in [0.25, 0.3) is 11.8 Å². The van der Waals surface area contributed by atoms with E-state index in [1.807, 2.05) is 36.4 Å². The van der Waals surface area contributed by atoms with E-state index in [4.69, 9.17) is 16.4 Å². The fourth-order valence-electron chi connectivity index (χ4n) is 3.02. The minimum atomic E-state index is -0.609. The van der Waals surface area contributed by atoms with E-state index in [1.54, 1.807) is 18.2 Å². The summed E-state index contributed by atoms with van der Waals surface area (Å²) in [5.41, 5.74) is 1.55. The van der Waals surface area contributed by atoms with Gasteiger partial charge in [0.05, 0.1) is 21.7 Å². The summed E-state index contributed by atoms with van der Waals surface area (Å²) in [5.74, 6) is -1.16. The van der Waals surface area contributed by atoms with Crippen LogP contribution in [0.4, 0.5) is 0 Å². The normalized spacial score (nSPS) is 13.2. The minimum Gasteiger partial charge on any atom is -0.266 e. The van der Waals surface area contributed by atoms with Gasteiger partial charge in [0.2, 0.25) is 0 Å². The lowest BCUT2D eigenvalue weighted by Crippen LogP contribution is -2.40. The van der Waals surface area contributed by atoms with Gasteiger partial charge in [-0.15, -0.1) is 5.06 Å². The molecule has 3 aromatic carbocycles. The lowest BCUT2D eigenvalue weighted by molar-refractivity contribution is -0.104. The topological polar surface area (TPSA) is 70.4 Å². The van der Waals surface area contributed by atoms with Crippen LogP contribution in [0.5, 0.6) is 0 Å². The van der Waals surface area contributed by atoms with Gasteiger partial charge in [-0.2, -0.15) is 5.26 Å². The summed E-state index contributed by atoms with van der Waals surface area (Å²) < 4.78 is 0. The van der Waals surface area contributed by atoms with Crippen molar-refractivity contribution >= 4 is 34.2 Å². The molecule has 26 heavy (non-hydrogen) atoms. The summed E-state index contributed by atoms with van der Waals surface area (Å²) in [4.78, 5) is 31.1. The standard InChI is InChI=1S/C20H11ClN2O3/c21-18-13(10-22)9-16-17-14(18)7-4-8-15(17)19(24)23(20(16)25)26-11-12-5-2-1-3-6-12/h1-9H,11H2. The Morgan fingerprint density at radius 3 is 2.46 bits per heavy atom. The Bertz CT molecular complexity index is 1100. The molecule has 6 heteroatoms. The molecule has 126 valence electrons. The van der Waals surface area contributed by atoms with Gasteiger partial charge in [0.15, 0.2) is 0 Å². The predicted octanol–water partition coefficient (Wildman–Crippen LogP) is 4.09. The highest BCUT2D eigenvalue weighted by Crippen LogP contribution is 2.36. The Kier molecular flexibility index (Phi) is 3.92. The van der Waals surface area contributed by atoms with E-state index >= 15 is 0 Å². The molecule has 0 N–H and O–H groups in total. The van der Waals surface area contributed by atoms with Crippen molar-refractivity contribution < 1.29 is 14.4 Å². The molecule has 1 aliphatic heterocycles. The van der Waals surface area contributed by atoms with Crippen LogP contribution in [0.2, 0.25) is 5.02 Å². The third kappa shape index (κ3) is 2.44. The van der Waals surface area contributed by atoms with Crippen LogP contribution in [0, 0.1) is 11.3 Å². The van der Waals surface area contributed by atoms with Crippen molar-refractivity contribution in [1.29, 1.82) is 5.26 Å². The van der Waals surface area contributed by atoms with Crippen molar-refractivity contribution in [1.82, 2.24) is 5.06 Å². The first-order valence-electron chi connectivity index (χ1n) is 7.82. The fraction of sp³-hybridized carbons (Fsp3) is 0.0500. The summed E-state index contributed by atoms with van der Waals surface area (Å²) in [7, 11) is 0. The molecule has 0 saturated carbocycles. The minimum absolute atomic E-state index is 0.0718. The van der Waals surface area contributed by atoms with E-state index in [0.717, 1.165) is 10.6 Å². The molecule has 0 fully saturated rings. The van der Waals surface area contributed by atoms with E-state index in [1.165, 1.54) is 6.07 Å². The maximum absolute atomic E-state index is 12.8. The van der Waals surface area contributed by atoms with Gasteiger partial charge in [0.1, 0.15) is 12.7 Å². The van der Waals surface area contributed by atoms with Crippen molar-refractivity contribution in [3.63, 3.8) is 0 Å². The van der Waals surface area contributed by atoms with Crippen LogP contribution in [0.1, 0.15) is 31.8 Å². The van der Waals surface area contributed by atoms with Crippen molar-refractivity contribution in [3.05, 3.63) is 81.9 Å². The summed E-state index contributed by atoms with van der Waals surface area (Å²) in [6.07, 6.45) is 0. The van der Waals surface area contributed by atoms with Crippen LogP contribution >= 0.6 is 11.6 Å². The second kappa shape index (κ2) is 6.26. The number of imide groups is 1. The van der Waals surface area contributed by atoms with Crippen molar-refractivity contribution in [2.24, 2.45) is 0 Å². The summed E-state index contributed by atoms with van der Waals surface area (Å²) >= 11 is 6.25. The number of hydrogen-bond acceptors (Lipinski definition) is 4. The number of carbonyl (C=O) groups excluding carboxylic acids is 2. The third-order valence-corrected chi connectivity index (χ3v) is 4.66. The fourth-order valence-corrected chi connectivity index (χ4v) is 3.27. The number of nitrogens with zero attached hydrogens (tertiary/aromatic N) is 2. The molecule has 4 rings (SSSR count). The molecule has 0 aromatic heterocycles. The van der Waals surface area contributed by atoms with Gasteiger partial charge in [-0.25, -0.2) is 0 Å². The molecule has 3 aromatic rings. The van der Waals surface area contributed by atoms with E-state index in [0.29, 0.717) is 16.3 Å². The van der Waals surface area contributed by atoms with Crippen molar-refractivity contribution in [3.8, 4) is 6.07 Å². The number of rotatable bonds is 3. The van der Waals surface area contributed by atoms with Crippen LogP contribution < -0.4 is 0 Å². The molecule has 0 atom stereocenters. The smallest absolute Gasteiger partial charge is 0.266 e. The molecule has 0 unspecified atom stereocenters. The van der Waals surface area contributed by atoms with E-state index in [2.05, 4.69) is 0 Å². The first-order valence-corrected chi connectivity index (χ1v) is 8.20. The second-order valence-electron chi connectivity index (χ2n) is 5.79. The maximum Gasteiger partial charge on any atom is 0.285 e. The Morgan fingerprint density at radius 1 is 1.00 bits per heavy atom. The number of benzene rings is 3. The molecule has 0 bridgehead atoms. The van der Waals surface area contributed by atoms with Crippen LogP contribution in [-0.4, -0.2) is 16.9 Å². The monoisotopic (exact) mass is 362 g/mol. The van der Waals surface area contributed by atoms with Gasteiger partial charge in [-0.3, -0.25) is 14.4 Å². The molecule has 0 aliphatic carbocycles. The Hall–Kier alpha value is -3.20. The molecule has 1 heterocycles. The molecular weight excluding hydrogens is 352 g/mol. The number of carbonyl (C=O) groups is 2. The predicted molar refractivity (Wildman–Crippen MR) is 95.4 cm³/mol. The van der Waals surface area contributed by atoms with Crippen LogP contribution in [-0.2, 0) is 11.4 Å². The Balaban J connectivity index is 1.80. The first-order chi connectivity index (χ1) is 12.6.